The van der Waals surface area contributed by atoms with Crippen LogP contribution in [0.4, 0.5) is 5.13 Å². The Morgan fingerprint density at radius 1 is 1.23 bits per heavy atom. The quantitative estimate of drug-likeness (QED) is 0.529. The van der Waals surface area contributed by atoms with Gasteiger partial charge in [0.1, 0.15) is 0 Å². The molecule has 1 fully saturated rings. The molecule has 9 heteroatoms. The van der Waals surface area contributed by atoms with E-state index >= 15 is 0 Å². The normalized spacial score (nSPS) is 15.0. The lowest BCUT2D eigenvalue weighted by atomic mass is 10.1. The van der Waals surface area contributed by atoms with E-state index in [1.54, 1.807) is 17.5 Å². The highest BCUT2D eigenvalue weighted by atomic mass is 35.5. The maximum atomic E-state index is 12.6. The topological polar surface area (TPSA) is 87.5 Å². The number of rotatable bonds is 8. The van der Waals surface area contributed by atoms with Crippen molar-refractivity contribution < 1.29 is 14.0 Å². The predicted molar refractivity (Wildman–Crippen MR) is 120 cm³/mol. The van der Waals surface area contributed by atoms with Crippen LogP contribution in [0.1, 0.15) is 40.7 Å². The number of hydrogen-bond donors (Lipinski definition) is 2. The van der Waals surface area contributed by atoms with Crippen LogP contribution in [0.2, 0.25) is 5.02 Å². The molecule has 162 valence electrons. The fraction of sp³-hybridized carbons (Fsp3) is 0.318. The average molecular weight is 459 g/mol. The molecule has 3 aromatic rings. The summed E-state index contributed by atoms with van der Waals surface area (Å²) in [4.78, 5) is 31.3. The highest BCUT2D eigenvalue weighted by Crippen LogP contribution is 2.26. The van der Waals surface area contributed by atoms with E-state index in [0.717, 1.165) is 31.5 Å². The van der Waals surface area contributed by atoms with Crippen LogP contribution in [0, 0.1) is 0 Å². The Morgan fingerprint density at radius 3 is 2.81 bits per heavy atom. The summed E-state index contributed by atoms with van der Waals surface area (Å²) in [6.45, 7) is 2.53. The van der Waals surface area contributed by atoms with E-state index in [0.29, 0.717) is 22.4 Å². The van der Waals surface area contributed by atoms with E-state index in [-0.39, 0.29) is 30.0 Å². The maximum absolute atomic E-state index is 12.6. The summed E-state index contributed by atoms with van der Waals surface area (Å²) < 4.78 is 5.07. The Labute approximate surface area is 189 Å². The van der Waals surface area contributed by atoms with E-state index in [2.05, 4.69) is 26.6 Å². The molecule has 1 atom stereocenters. The molecular weight excluding hydrogens is 436 g/mol. The first-order chi connectivity index (χ1) is 15.1. The molecule has 0 spiro atoms. The van der Waals surface area contributed by atoms with Crippen molar-refractivity contribution in [3.8, 4) is 0 Å². The van der Waals surface area contributed by atoms with Crippen LogP contribution < -0.4 is 10.6 Å². The van der Waals surface area contributed by atoms with Crippen molar-refractivity contribution in [1.82, 2.24) is 15.2 Å². The van der Waals surface area contributed by atoms with Gasteiger partial charge < -0.3 is 9.73 Å². The molecule has 0 saturated carbocycles. The number of halogens is 1. The van der Waals surface area contributed by atoms with Crippen molar-refractivity contribution in [2.45, 2.75) is 25.3 Å². The highest BCUT2D eigenvalue weighted by molar-refractivity contribution is 7.14. The number of nitrogens with one attached hydrogen (secondary N) is 2. The van der Waals surface area contributed by atoms with Gasteiger partial charge in [0.15, 0.2) is 10.9 Å². The molecule has 7 nitrogen and oxygen atoms in total. The Balaban J connectivity index is 1.33. The summed E-state index contributed by atoms with van der Waals surface area (Å²) in [7, 11) is 0. The summed E-state index contributed by atoms with van der Waals surface area (Å²) in [5.41, 5.74) is 1.71. The van der Waals surface area contributed by atoms with E-state index in [9.17, 15) is 9.59 Å². The molecule has 2 N–H and O–H groups in total. The van der Waals surface area contributed by atoms with Gasteiger partial charge in [-0.3, -0.25) is 19.8 Å². The fourth-order valence-corrected chi connectivity index (χ4v) is 4.58. The first-order valence-electron chi connectivity index (χ1n) is 10.1. The van der Waals surface area contributed by atoms with Crippen molar-refractivity contribution in [3.63, 3.8) is 0 Å². The Hall–Kier alpha value is -2.68. The maximum Gasteiger partial charge on any atom is 0.293 e. The Kier molecular flexibility index (Phi) is 7.01. The third kappa shape index (κ3) is 5.72. The monoisotopic (exact) mass is 458 g/mol. The van der Waals surface area contributed by atoms with Crippen LogP contribution in [0.3, 0.4) is 0 Å². The molecule has 0 aliphatic carbocycles. The molecule has 2 aromatic heterocycles. The highest BCUT2D eigenvalue weighted by Gasteiger charge is 2.24. The third-order valence-corrected chi connectivity index (χ3v) is 6.21. The first kappa shape index (κ1) is 21.5. The average Bonchev–Trinajstić information content (AvgIpc) is 3.52. The van der Waals surface area contributed by atoms with Crippen molar-refractivity contribution in [1.29, 1.82) is 0 Å². The third-order valence-electron chi connectivity index (χ3n) is 5.17. The van der Waals surface area contributed by atoms with Gasteiger partial charge in [0.2, 0.25) is 5.91 Å². The molecular formula is C22H23ClN4O3S. The smallest absolute Gasteiger partial charge is 0.293 e. The van der Waals surface area contributed by atoms with Gasteiger partial charge >= 0.3 is 0 Å². The van der Waals surface area contributed by atoms with Gasteiger partial charge in [-0.15, -0.1) is 11.3 Å². The summed E-state index contributed by atoms with van der Waals surface area (Å²) in [6, 6.07) is 11.1. The number of hydrogen-bond acceptors (Lipinski definition) is 6. The lowest BCUT2D eigenvalue weighted by Gasteiger charge is -2.28. The van der Waals surface area contributed by atoms with Crippen LogP contribution in [-0.2, 0) is 11.2 Å². The van der Waals surface area contributed by atoms with Gasteiger partial charge in [-0.1, -0.05) is 23.7 Å². The Morgan fingerprint density at radius 2 is 2.06 bits per heavy atom. The van der Waals surface area contributed by atoms with Crippen LogP contribution in [0.15, 0.2) is 52.5 Å². The van der Waals surface area contributed by atoms with Crippen LogP contribution in [0.5, 0.6) is 0 Å². The molecule has 1 aliphatic rings. The number of benzene rings is 1. The number of carbonyl (C=O) groups excluding carboxylic acids is 2. The van der Waals surface area contributed by atoms with Crippen molar-refractivity contribution >= 4 is 39.9 Å². The minimum absolute atomic E-state index is 0.0868. The largest absolute Gasteiger partial charge is 0.459 e. The number of furan rings is 1. The molecule has 1 aliphatic heterocycles. The number of anilines is 1. The zero-order chi connectivity index (χ0) is 21.6. The predicted octanol–water partition coefficient (Wildman–Crippen LogP) is 4.14. The summed E-state index contributed by atoms with van der Waals surface area (Å²) >= 11 is 7.46. The molecule has 0 bridgehead atoms. The fourth-order valence-electron chi connectivity index (χ4n) is 3.67. The second-order valence-corrected chi connectivity index (χ2v) is 8.66. The lowest BCUT2D eigenvalue weighted by molar-refractivity contribution is -0.120. The number of nitrogens with zero attached hydrogens (tertiary/aromatic N) is 2. The van der Waals surface area contributed by atoms with Crippen LogP contribution >= 0.6 is 22.9 Å². The number of amides is 2. The van der Waals surface area contributed by atoms with E-state index in [4.69, 9.17) is 16.0 Å². The Bertz CT molecular complexity index is 1030. The van der Waals surface area contributed by atoms with E-state index in [1.165, 1.54) is 17.6 Å². The summed E-state index contributed by atoms with van der Waals surface area (Å²) in [5.74, 6) is -0.269. The molecule has 1 aromatic carbocycles. The van der Waals surface area contributed by atoms with Gasteiger partial charge in [0, 0.05) is 16.9 Å². The summed E-state index contributed by atoms with van der Waals surface area (Å²) in [6.07, 6.45) is 3.91. The molecule has 2 amide bonds. The number of thiazole rings is 1. The second-order valence-electron chi connectivity index (χ2n) is 7.37. The van der Waals surface area contributed by atoms with Crippen molar-refractivity contribution in [3.05, 3.63) is 70.1 Å². The van der Waals surface area contributed by atoms with Gasteiger partial charge in [0.25, 0.3) is 5.91 Å². The van der Waals surface area contributed by atoms with E-state index < -0.39 is 0 Å². The summed E-state index contributed by atoms with van der Waals surface area (Å²) in [5, 5.41) is 8.61. The number of likely N-dealkylation sites (tertiary alicyclic amines) is 1. The molecule has 1 unspecified atom stereocenters. The molecule has 1 saturated heterocycles. The molecule has 3 heterocycles. The molecule has 4 rings (SSSR count). The lowest BCUT2D eigenvalue weighted by Crippen LogP contribution is -2.37. The van der Waals surface area contributed by atoms with E-state index in [1.807, 2.05) is 18.2 Å². The minimum atomic E-state index is -0.370. The number of aromatic nitrogens is 1. The van der Waals surface area contributed by atoms with Gasteiger partial charge in [-0.05, 0) is 55.8 Å². The number of carbonyl (C=O) groups is 2. The van der Waals surface area contributed by atoms with Crippen LogP contribution in [0.25, 0.3) is 0 Å². The molecule has 31 heavy (non-hydrogen) atoms. The van der Waals surface area contributed by atoms with Crippen LogP contribution in [-0.4, -0.2) is 41.3 Å². The molecule has 0 radical (unpaired) electrons. The van der Waals surface area contributed by atoms with Gasteiger partial charge in [-0.25, -0.2) is 4.98 Å². The van der Waals surface area contributed by atoms with Crippen molar-refractivity contribution in [2.75, 3.05) is 25.0 Å². The second kappa shape index (κ2) is 10.1. The SMILES string of the molecule is O=C(Cc1csc(NC(=O)c2ccco2)n1)NCC(c1cccc(Cl)c1)N1CCCC1. The van der Waals surface area contributed by atoms with Gasteiger partial charge in [0.05, 0.1) is 24.4 Å². The van der Waals surface area contributed by atoms with Gasteiger partial charge in [-0.2, -0.15) is 0 Å². The standard InChI is InChI=1S/C22H23ClN4O3S/c23-16-6-3-5-15(11-16)18(27-8-1-2-9-27)13-24-20(28)12-17-14-31-22(25-17)26-21(29)19-7-4-10-30-19/h3-7,10-11,14,18H,1-2,8-9,12-13H2,(H,24,28)(H,25,26,29). The first-order valence-corrected chi connectivity index (χ1v) is 11.4. The van der Waals surface area contributed by atoms with Crippen molar-refractivity contribution in [2.24, 2.45) is 0 Å². The zero-order valence-corrected chi connectivity index (χ0v) is 18.4. The minimum Gasteiger partial charge on any atom is -0.459 e. The zero-order valence-electron chi connectivity index (χ0n) is 16.8.